The van der Waals surface area contributed by atoms with Crippen molar-refractivity contribution in [2.24, 2.45) is 5.92 Å². The molecule has 0 bridgehead atoms. The van der Waals surface area contributed by atoms with Crippen LogP contribution in [0, 0.1) is 5.92 Å². The van der Waals surface area contributed by atoms with Crippen LogP contribution < -0.4 is 0 Å². The lowest BCUT2D eigenvalue weighted by Crippen LogP contribution is -2.41. The smallest absolute Gasteiger partial charge is 0.308 e. The van der Waals surface area contributed by atoms with Gasteiger partial charge in [-0.3, -0.25) is 9.59 Å². The van der Waals surface area contributed by atoms with Gasteiger partial charge in [0.2, 0.25) is 5.91 Å². The van der Waals surface area contributed by atoms with Gasteiger partial charge in [0.25, 0.3) is 0 Å². The molecule has 0 atom stereocenters. The molecule has 0 N–H and O–H groups in total. The van der Waals surface area contributed by atoms with E-state index in [0.29, 0.717) is 31.7 Å². The minimum absolute atomic E-state index is 0.0493. The number of carbonyl (C=O) groups is 2. The third-order valence-corrected chi connectivity index (χ3v) is 3.29. The second-order valence-corrected chi connectivity index (χ2v) is 4.43. The number of piperidine rings is 1. The second-order valence-electron chi connectivity index (χ2n) is 4.43. The number of amides is 1. The van der Waals surface area contributed by atoms with Crippen LogP contribution in [-0.4, -0.2) is 37.0 Å². The van der Waals surface area contributed by atoms with Crippen molar-refractivity contribution in [3.05, 3.63) is 24.2 Å². The van der Waals surface area contributed by atoms with Crippen LogP contribution in [0.15, 0.2) is 22.8 Å². The number of furan rings is 1. The van der Waals surface area contributed by atoms with Crippen LogP contribution in [0.25, 0.3) is 0 Å². The molecule has 0 spiro atoms. The quantitative estimate of drug-likeness (QED) is 0.758. The van der Waals surface area contributed by atoms with Crippen LogP contribution in [0.2, 0.25) is 0 Å². The summed E-state index contributed by atoms with van der Waals surface area (Å²) in [6, 6.07) is 3.56. The maximum absolute atomic E-state index is 12.0. The minimum atomic E-state index is -0.173. The molecule has 98 valence electrons. The van der Waals surface area contributed by atoms with E-state index < -0.39 is 0 Å². The summed E-state index contributed by atoms with van der Waals surface area (Å²) in [6.45, 7) is 1.22. The molecule has 2 heterocycles. The topological polar surface area (TPSA) is 59.8 Å². The van der Waals surface area contributed by atoms with Crippen LogP contribution in [0.1, 0.15) is 18.6 Å². The highest BCUT2D eigenvalue weighted by molar-refractivity contribution is 5.79. The van der Waals surface area contributed by atoms with Gasteiger partial charge in [-0.25, -0.2) is 0 Å². The van der Waals surface area contributed by atoms with Crippen molar-refractivity contribution in [1.82, 2.24) is 4.90 Å². The van der Waals surface area contributed by atoms with Crippen LogP contribution in [0.5, 0.6) is 0 Å². The largest absolute Gasteiger partial charge is 0.469 e. The summed E-state index contributed by atoms with van der Waals surface area (Å²) in [4.78, 5) is 25.1. The van der Waals surface area contributed by atoms with E-state index in [4.69, 9.17) is 9.15 Å². The van der Waals surface area contributed by atoms with Gasteiger partial charge >= 0.3 is 5.97 Å². The number of likely N-dealkylation sites (tertiary alicyclic amines) is 1. The highest BCUT2D eigenvalue weighted by Gasteiger charge is 2.27. The van der Waals surface area contributed by atoms with E-state index in [1.165, 1.54) is 7.11 Å². The molecule has 0 unspecified atom stereocenters. The van der Waals surface area contributed by atoms with Gasteiger partial charge in [-0.15, -0.1) is 0 Å². The van der Waals surface area contributed by atoms with Crippen molar-refractivity contribution in [1.29, 1.82) is 0 Å². The Kier molecular flexibility index (Phi) is 4.02. The highest BCUT2D eigenvalue weighted by Crippen LogP contribution is 2.19. The number of nitrogens with zero attached hydrogens (tertiary/aromatic N) is 1. The van der Waals surface area contributed by atoms with Gasteiger partial charge in [-0.05, 0) is 25.0 Å². The van der Waals surface area contributed by atoms with Gasteiger partial charge < -0.3 is 14.1 Å². The average Bonchev–Trinajstić information content (AvgIpc) is 2.91. The Hall–Kier alpha value is -1.78. The lowest BCUT2D eigenvalue weighted by molar-refractivity contribution is -0.148. The molecule has 5 nitrogen and oxygen atoms in total. The SMILES string of the molecule is COC(=O)C1CCN(C(=O)Cc2ccco2)CC1. The van der Waals surface area contributed by atoms with Crippen molar-refractivity contribution >= 4 is 11.9 Å². The molecule has 0 aromatic carbocycles. The summed E-state index contributed by atoms with van der Waals surface area (Å²) < 4.78 is 9.86. The maximum atomic E-state index is 12.0. The van der Waals surface area contributed by atoms with Crippen LogP contribution in [0.4, 0.5) is 0 Å². The molecule has 1 aliphatic heterocycles. The van der Waals surface area contributed by atoms with Crippen LogP contribution in [-0.2, 0) is 20.7 Å². The molecule has 1 aliphatic rings. The standard InChI is InChI=1S/C13H17NO4/c1-17-13(16)10-4-6-14(7-5-10)12(15)9-11-3-2-8-18-11/h2-3,8,10H,4-7,9H2,1H3. The van der Waals surface area contributed by atoms with Crippen LogP contribution >= 0.6 is 0 Å². The third kappa shape index (κ3) is 2.91. The lowest BCUT2D eigenvalue weighted by Gasteiger charge is -2.30. The number of ether oxygens (including phenoxy) is 1. The fraction of sp³-hybridized carbons (Fsp3) is 0.538. The average molecular weight is 251 g/mol. The normalized spacial score (nSPS) is 16.6. The summed E-state index contributed by atoms with van der Waals surface area (Å²) in [6.07, 6.45) is 3.20. The fourth-order valence-corrected chi connectivity index (χ4v) is 2.21. The van der Waals surface area contributed by atoms with Crippen molar-refractivity contribution in [3.63, 3.8) is 0 Å². The lowest BCUT2D eigenvalue weighted by atomic mass is 9.97. The number of rotatable bonds is 3. The van der Waals surface area contributed by atoms with Gasteiger partial charge in [-0.1, -0.05) is 0 Å². The van der Waals surface area contributed by atoms with E-state index in [1.54, 1.807) is 23.3 Å². The molecule has 2 rings (SSSR count). The third-order valence-electron chi connectivity index (χ3n) is 3.29. The summed E-state index contributed by atoms with van der Waals surface area (Å²) in [5.74, 6) is 0.485. The van der Waals surface area contributed by atoms with E-state index >= 15 is 0 Å². The summed E-state index contributed by atoms with van der Waals surface area (Å²) in [5.41, 5.74) is 0. The molecule has 0 radical (unpaired) electrons. The van der Waals surface area contributed by atoms with Crippen molar-refractivity contribution < 1.29 is 18.7 Å². The second kappa shape index (κ2) is 5.71. The first kappa shape index (κ1) is 12.7. The first-order valence-corrected chi connectivity index (χ1v) is 6.08. The molecule has 1 saturated heterocycles. The first-order valence-electron chi connectivity index (χ1n) is 6.08. The Morgan fingerprint density at radius 3 is 2.72 bits per heavy atom. The number of hydrogen-bond donors (Lipinski definition) is 0. The van der Waals surface area contributed by atoms with Crippen molar-refractivity contribution in [2.45, 2.75) is 19.3 Å². The molecule has 0 saturated carbocycles. The van der Waals surface area contributed by atoms with E-state index in [-0.39, 0.29) is 24.2 Å². The monoisotopic (exact) mass is 251 g/mol. The summed E-state index contributed by atoms with van der Waals surface area (Å²) >= 11 is 0. The fourth-order valence-electron chi connectivity index (χ4n) is 2.21. The van der Waals surface area contributed by atoms with Gasteiger partial charge in [-0.2, -0.15) is 0 Å². The zero-order valence-corrected chi connectivity index (χ0v) is 10.4. The highest BCUT2D eigenvalue weighted by atomic mass is 16.5. The van der Waals surface area contributed by atoms with Gasteiger partial charge in [0.15, 0.2) is 0 Å². The predicted octanol–water partition coefficient (Wildman–Crippen LogP) is 1.23. The number of carbonyl (C=O) groups excluding carboxylic acids is 2. The molecular formula is C13H17NO4. The van der Waals surface area contributed by atoms with Gasteiger partial charge in [0, 0.05) is 13.1 Å². The number of methoxy groups -OCH3 is 1. The van der Waals surface area contributed by atoms with Gasteiger partial charge in [0.1, 0.15) is 5.76 Å². The molecule has 1 amide bonds. The maximum Gasteiger partial charge on any atom is 0.308 e. The molecule has 0 aliphatic carbocycles. The summed E-state index contributed by atoms with van der Waals surface area (Å²) in [5, 5.41) is 0. The summed E-state index contributed by atoms with van der Waals surface area (Å²) in [7, 11) is 1.40. The zero-order chi connectivity index (χ0) is 13.0. The van der Waals surface area contributed by atoms with E-state index in [0.717, 1.165) is 0 Å². The molecule has 1 aromatic rings. The minimum Gasteiger partial charge on any atom is -0.469 e. The molecule has 1 aromatic heterocycles. The first-order chi connectivity index (χ1) is 8.70. The molecule has 18 heavy (non-hydrogen) atoms. The number of esters is 1. The Morgan fingerprint density at radius 1 is 1.44 bits per heavy atom. The van der Waals surface area contributed by atoms with E-state index in [2.05, 4.69) is 0 Å². The Morgan fingerprint density at radius 2 is 2.17 bits per heavy atom. The molecule has 1 fully saturated rings. The Balaban J connectivity index is 1.82. The zero-order valence-electron chi connectivity index (χ0n) is 10.4. The molecular weight excluding hydrogens is 234 g/mol. The van der Waals surface area contributed by atoms with Gasteiger partial charge in [0.05, 0.1) is 25.7 Å². The number of hydrogen-bond acceptors (Lipinski definition) is 4. The van der Waals surface area contributed by atoms with E-state index in [9.17, 15) is 9.59 Å². The van der Waals surface area contributed by atoms with Crippen molar-refractivity contribution in [3.8, 4) is 0 Å². The predicted molar refractivity (Wildman–Crippen MR) is 63.7 cm³/mol. The van der Waals surface area contributed by atoms with Crippen LogP contribution in [0.3, 0.4) is 0 Å². The molecule has 5 heteroatoms. The Bertz CT molecular complexity index is 405. The Labute approximate surface area is 106 Å². The van der Waals surface area contributed by atoms with E-state index in [1.807, 2.05) is 0 Å². The van der Waals surface area contributed by atoms with Crippen molar-refractivity contribution in [2.75, 3.05) is 20.2 Å².